The molecule has 1 amide bonds. The molecule has 0 aromatic heterocycles. The van der Waals surface area contributed by atoms with Crippen LogP contribution in [0.25, 0.3) is 0 Å². The minimum absolute atomic E-state index is 0.0808. The number of rotatable bonds is 7. The predicted molar refractivity (Wildman–Crippen MR) is 92.7 cm³/mol. The van der Waals surface area contributed by atoms with Crippen molar-refractivity contribution >= 4 is 29.2 Å². The van der Waals surface area contributed by atoms with Gasteiger partial charge in [0.15, 0.2) is 0 Å². The minimum Gasteiger partial charge on any atom is -0.495 e. The summed E-state index contributed by atoms with van der Waals surface area (Å²) in [5.41, 5.74) is 0.762. The Hall–Kier alpha value is -1.95. The van der Waals surface area contributed by atoms with Gasteiger partial charge in [-0.25, -0.2) is 0 Å². The largest absolute Gasteiger partial charge is 0.495 e. The second kappa shape index (κ2) is 8.78. The molecule has 0 aliphatic carbocycles. The van der Waals surface area contributed by atoms with E-state index in [9.17, 15) is 9.59 Å². The van der Waals surface area contributed by atoms with E-state index in [1.807, 2.05) is 4.90 Å². The lowest BCUT2D eigenvalue weighted by molar-refractivity contribution is -0.138. The number of methoxy groups -OCH3 is 1. The highest BCUT2D eigenvalue weighted by molar-refractivity contribution is 6.30. The van der Waals surface area contributed by atoms with Crippen molar-refractivity contribution in [2.75, 3.05) is 32.1 Å². The van der Waals surface area contributed by atoms with E-state index in [1.165, 1.54) is 0 Å². The zero-order valence-corrected chi connectivity index (χ0v) is 14.5. The number of piperidine rings is 1. The Balaban J connectivity index is 1.76. The number of carboxylic acid groups (broad SMARTS) is 1. The SMILES string of the molecule is COc1ccc(Cl)cc1NCCC(=O)N1CCC(CC(=O)O)CC1. The van der Waals surface area contributed by atoms with Crippen LogP contribution >= 0.6 is 11.6 Å². The molecule has 2 rings (SSSR count). The fourth-order valence-electron chi connectivity index (χ4n) is 2.91. The van der Waals surface area contributed by atoms with Crippen LogP contribution in [0.1, 0.15) is 25.7 Å². The number of nitrogens with zero attached hydrogens (tertiary/aromatic N) is 1. The van der Waals surface area contributed by atoms with Crippen LogP contribution in [0.15, 0.2) is 18.2 Å². The molecule has 7 heteroatoms. The first-order valence-corrected chi connectivity index (χ1v) is 8.44. The molecule has 0 bridgehead atoms. The Morgan fingerprint density at radius 3 is 2.71 bits per heavy atom. The Morgan fingerprint density at radius 1 is 1.38 bits per heavy atom. The fraction of sp³-hybridized carbons (Fsp3) is 0.529. The topological polar surface area (TPSA) is 78.9 Å². The van der Waals surface area contributed by atoms with Crippen molar-refractivity contribution in [3.63, 3.8) is 0 Å². The van der Waals surface area contributed by atoms with Gasteiger partial charge in [0.05, 0.1) is 12.8 Å². The zero-order chi connectivity index (χ0) is 17.5. The van der Waals surface area contributed by atoms with Gasteiger partial charge in [0, 0.05) is 37.5 Å². The smallest absolute Gasteiger partial charge is 0.303 e. The molecule has 1 aliphatic rings. The van der Waals surface area contributed by atoms with E-state index in [-0.39, 0.29) is 18.2 Å². The van der Waals surface area contributed by atoms with Gasteiger partial charge in [-0.15, -0.1) is 0 Å². The van der Waals surface area contributed by atoms with Crippen molar-refractivity contribution < 1.29 is 19.4 Å². The number of anilines is 1. The average Bonchev–Trinajstić information content (AvgIpc) is 2.55. The molecule has 1 aromatic rings. The Morgan fingerprint density at radius 2 is 2.08 bits per heavy atom. The van der Waals surface area contributed by atoms with Crippen LogP contribution < -0.4 is 10.1 Å². The van der Waals surface area contributed by atoms with Gasteiger partial charge in [-0.2, -0.15) is 0 Å². The molecule has 1 fully saturated rings. The maximum Gasteiger partial charge on any atom is 0.303 e. The highest BCUT2D eigenvalue weighted by Gasteiger charge is 2.23. The lowest BCUT2D eigenvalue weighted by Gasteiger charge is -2.31. The molecule has 1 saturated heterocycles. The number of carboxylic acids is 1. The molecule has 1 heterocycles. The molecule has 1 aromatic carbocycles. The van der Waals surface area contributed by atoms with E-state index in [1.54, 1.807) is 25.3 Å². The van der Waals surface area contributed by atoms with Gasteiger partial charge in [0.25, 0.3) is 0 Å². The van der Waals surface area contributed by atoms with E-state index in [4.69, 9.17) is 21.4 Å². The molecule has 1 aliphatic heterocycles. The van der Waals surface area contributed by atoms with Gasteiger partial charge in [-0.3, -0.25) is 9.59 Å². The Bertz CT molecular complexity index is 586. The molecule has 0 radical (unpaired) electrons. The summed E-state index contributed by atoms with van der Waals surface area (Å²) in [4.78, 5) is 24.8. The van der Waals surface area contributed by atoms with Crippen LogP contribution in [-0.4, -0.2) is 48.6 Å². The molecular formula is C17H23ClN2O4. The Labute approximate surface area is 146 Å². The summed E-state index contributed by atoms with van der Waals surface area (Å²) in [5.74, 6) is 0.179. The van der Waals surface area contributed by atoms with Crippen molar-refractivity contribution in [2.45, 2.75) is 25.7 Å². The van der Waals surface area contributed by atoms with Gasteiger partial charge in [-0.05, 0) is 37.0 Å². The summed E-state index contributed by atoms with van der Waals surface area (Å²) in [6, 6.07) is 5.29. The van der Waals surface area contributed by atoms with Gasteiger partial charge < -0.3 is 20.1 Å². The fourth-order valence-corrected chi connectivity index (χ4v) is 3.09. The lowest BCUT2D eigenvalue weighted by Crippen LogP contribution is -2.39. The third kappa shape index (κ3) is 5.30. The molecule has 0 saturated carbocycles. The van der Waals surface area contributed by atoms with E-state index in [0.29, 0.717) is 36.8 Å². The minimum atomic E-state index is -0.764. The number of benzene rings is 1. The van der Waals surface area contributed by atoms with E-state index in [0.717, 1.165) is 18.5 Å². The monoisotopic (exact) mass is 354 g/mol. The molecule has 0 spiro atoms. The summed E-state index contributed by atoms with van der Waals surface area (Å²) in [6.45, 7) is 1.76. The molecule has 132 valence electrons. The third-order valence-electron chi connectivity index (χ3n) is 4.25. The van der Waals surface area contributed by atoms with Crippen LogP contribution in [0, 0.1) is 5.92 Å². The number of hydrogen-bond donors (Lipinski definition) is 2. The summed E-state index contributed by atoms with van der Waals surface area (Å²) < 4.78 is 5.25. The van der Waals surface area contributed by atoms with Gasteiger partial charge in [0.1, 0.15) is 5.75 Å². The number of likely N-dealkylation sites (tertiary alicyclic amines) is 1. The van der Waals surface area contributed by atoms with Gasteiger partial charge in [-0.1, -0.05) is 11.6 Å². The number of nitrogens with one attached hydrogen (secondary N) is 1. The second-order valence-corrected chi connectivity index (χ2v) is 6.38. The number of aliphatic carboxylic acids is 1. The maximum atomic E-state index is 12.3. The maximum absolute atomic E-state index is 12.3. The molecule has 6 nitrogen and oxygen atoms in total. The lowest BCUT2D eigenvalue weighted by atomic mass is 9.93. The van der Waals surface area contributed by atoms with E-state index >= 15 is 0 Å². The summed E-state index contributed by atoms with van der Waals surface area (Å²) in [5, 5.41) is 12.6. The normalized spacial score (nSPS) is 15.2. The van der Waals surface area contributed by atoms with Gasteiger partial charge >= 0.3 is 5.97 Å². The molecular weight excluding hydrogens is 332 g/mol. The second-order valence-electron chi connectivity index (χ2n) is 5.94. The molecule has 2 N–H and O–H groups in total. The number of carbonyl (C=O) groups is 2. The summed E-state index contributed by atoms with van der Waals surface area (Å²) >= 11 is 5.97. The highest BCUT2D eigenvalue weighted by Crippen LogP contribution is 2.27. The van der Waals surface area contributed by atoms with Crippen LogP contribution in [0.4, 0.5) is 5.69 Å². The molecule has 0 atom stereocenters. The first-order valence-electron chi connectivity index (χ1n) is 8.06. The number of carbonyl (C=O) groups excluding carboxylic acids is 1. The number of hydrogen-bond acceptors (Lipinski definition) is 4. The van der Waals surface area contributed by atoms with Crippen molar-refractivity contribution in [1.82, 2.24) is 4.90 Å². The van der Waals surface area contributed by atoms with Gasteiger partial charge in [0.2, 0.25) is 5.91 Å². The van der Waals surface area contributed by atoms with Crippen molar-refractivity contribution in [1.29, 1.82) is 0 Å². The summed E-state index contributed by atoms with van der Waals surface area (Å²) in [6.07, 6.45) is 2.08. The van der Waals surface area contributed by atoms with Crippen LogP contribution in [0.2, 0.25) is 5.02 Å². The molecule has 24 heavy (non-hydrogen) atoms. The van der Waals surface area contributed by atoms with E-state index < -0.39 is 5.97 Å². The van der Waals surface area contributed by atoms with Crippen molar-refractivity contribution in [3.05, 3.63) is 23.2 Å². The first-order chi connectivity index (χ1) is 11.5. The number of amides is 1. The average molecular weight is 355 g/mol. The van der Waals surface area contributed by atoms with Crippen molar-refractivity contribution in [3.8, 4) is 5.75 Å². The van der Waals surface area contributed by atoms with E-state index in [2.05, 4.69) is 5.32 Å². The van der Waals surface area contributed by atoms with Crippen LogP contribution in [0.5, 0.6) is 5.75 Å². The third-order valence-corrected chi connectivity index (χ3v) is 4.48. The Kier molecular flexibility index (Phi) is 6.73. The number of halogens is 1. The van der Waals surface area contributed by atoms with Crippen LogP contribution in [0.3, 0.4) is 0 Å². The van der Waals surface area contributed by atoms with Crippen LogP contribution in [-0.2, 0) is 9.59 Å². The molecule has 0 unspecified atom stereocenters. The highest BCUT2D eigenvalue weighted by atomic mass is 35.5. The quantitative estimate of drug-likeness (QED) is 0.787. The summed E-state index contributed by atoms with van der Waals surface area (Å²) in [7, 11) is 1.58. The zero-order valence-electron chi connectivity index (χ0n) is 13.8. The predicted octanol–water partition coefficient (Wildman–Crippen LogP) is 2.86. The van der Waals surface area contributed by atoms with Crippen molar-refractivity contribution in [2.24, 2.45) is 5.92 Å². The first kappa shape index (κ1) is 18.4. The standard InChI is InChI=1S/C17H23ClN2O4/c1-24-15-3-2-13(18)11-14(15)19-7-4-16(21)20-8-5-12(6-9-20)10-17(22)23/h2-3,11-12,19H,4-10H2,1H3,(H,22,23). The number of ether oxygens (including phenoxy) is 1.